The van der Waals surface area contributed by atoms with E-state index in [0.29, 0.717) is 5.13 Å². The fourth-order valence-corrected chi connectivity index (χ4v) is 3.41. The van der Waals surface area contributed by atoms with Crippen LogP contribution in [0.15, 0.2) is 48.5 Å². The standard InChI is InChI=1S/C21H21N3O4S/c1-13(22-19(25)11-6-14-4-7-15(27-2)8-5-14)20(26)24-21-23-17-10-9-16(28-3)12-18(17)29-21/h4-13H,1-3H3,(H,22,25)(H,23,24,26). The zero-order valence-corrected chi connectivity index (χ0v) is 17.1. The first kappa shape index (κ1) is 20.3. The van der Waals surface area contributed by atoms with Gasteiger partial charge in [-0.2, -0.15) is 0 Å². The van der Waals surface area contributed by atoms with Gasteiger partial charge in [0.25, 0.3) is 0 Å². The molecule has 1 unspecified atom stereocenters. The summed E-state index contributed by atoms with van der Waals surface area (Å²) in [6.45, 7) is 1.62. The van der Waals surface area contributed by atoms with Crippen molar-refractivity contribution < 1.29 is 19.1 Å². The lowest BCUT2D eigenvalue weighted by atomic mass is 10.2. The van der Waals surface area contributed by atoms with Gasteiger partial charge in [-0.05, 0) is 48.9 Å². The van der Waals surface area contributed by atoms with Crippen molar-refractivity contribution in [2.75, 3.05) is 19.5 Å². The topological polar surface area (TPSA) is 89.5 Å². The number of carbonyl (C=O) groups is 2. The number of hydrogen-bond acceptors (Lipinski definition) is 6. The second-order valence-electron chi connectivity index (χ2n) is 6.18. The number of benzene rings is 2. The van der Waals surface area contributed by atoms with E-state index >= 15 is 0 Å². The Labute approximate surface area is 172 Å². The Bertz CT molecular complexity index is 1040. The monoisotopic (exact) mass is 411 g/mol. The second kappa shape index (κ2) is 9.20. The van der Waals surface area contributed by atoms with Crippen LogP contribution in [0.3, 0.4) is 0 Å². The molecule has 2 amide bonds. The zero-order valence-electron chi connectivity index (χ0n) is 16.3. The third kappa shape index (κ3) is 5.32. The molecule has 1 atom stereocenters. The summed E-state index contributed by atoms with van der Waals surface area (Å²) in [7, 11) is 3.19. The van der Waals surface area contributed by atoms with Crippen LogP contribution in [-0.4, -0.2) is 37.1 Å². The number of hydrogen-bond donors (Lipinski definition) is 2. The normalized spacial score (nSPS) is 12.0. The lowest BCUT2D eigenvalue weighted by molar-refractivity contribution is -0.123. The minimum absolute atomic E-state index is 0.345. The van der Waals surface area contributed by atoms with E-state index in [2.05, 4.69) is 15.6 Å². The highest BCUT2D eigenvalue weighted by Gasteiger charge is 2.16. The van der Waals surface area contributed by atoms with Crippen LogP contribution in [0.4, 0.5) is 5.13 Å². The van der Waals surface area contributed by atoms with Gasteiger partial charge in [0.15, 0.2) is 5.13 Å². The predicted molar refractivity (Wildman–Crippen MR) is 114 cm³/mol. The van der Waals surface area contributed by atoms with Crippen molar-refractivity contribution in [3.8, 4) is 11.5 Å². The van der Waals surface area contributed by atoms with E-state index in [0.717, 1.165) is 27.3 Å². The summed E-state index contributed by atoms with van der Waals surface area (Å²) in [5.74, 6) is 0.758. The van der Waals surface area contributed by atoms with Crippen molar-refractivity contribution >= 4 is 44.6 Å². The summed E-state index contributed by atoms with van der Waals surface area (Å²) in [5, 5.41) is 5.84. The van der Waals surface area contributed by atoms with Gasteiger partial charge in [-0.15, -0.1) is 0 Å². The summed E-state index contributed by atoms with van der Waals surface area (Å²) in [4.78, 5) is 28.8. The van der Waals surface area contributed by atoms with Crippen LogP contribution < -0.4 is 20.1 Å². The Hall–Kier alpha value is -3.39. The molecule has 150 valence electrons. The molecule has 1 aromatic heterocycles. The van der Waals surface area contributed by atoms with Crippen LogP contribution >= 0.6 is 11.3 Å². The van der Waals surface area contributed by atoms with Crippen LogP contribution in [-0.2, 0) is 9.59 Å². The fourth-order valence-electron chi connectivity index (χ4n) is 2.51. The van der Waals surface area contributed by atoms with Crippen molar-refractivity contribution in [1.29, 1.82) is 0 Å². The molecule has 0 aliphatic rings. The number of amides is 2. The molecule has 2 N–H and O–H groups in total. The fraction of sp³-hybridized carbons (Fsp3) is 0.190. The third-order valence-electron chi connectivity index (χ3n) is 4.12. The molecule has 29 heavy (non-hydrogen) atoms. The maximum atomic E-state index is 12.4. The molecule has 8 heteroatoms. The maximum Gasteiger partial charge on any atom is 0.248 e. The number of aromatic nitrogens is 1. The highest BCUT2D eigenvalue weighted by molar-refractivity contribution is 7.22. The van der Waals surface area contributed by atoms with Crippen molar-refractivity contribution in [1.82, 2.24) is 10.3 Å². The number of fused-ring (bicyclic) bond motifs is 1. The van der Waals surface area contributed by atoms with Crippen LogP contribution in [0.5, 0.6) is 11.5 Å². The largest absolute Gasteiger partial charge is 0.497 e. The predicted octanol–water partition coefficient (Wildman–Crippen LogP) is 3.47. The molecule has 0 saturated carbocycles. The molecule has 1 heterocycles. The van der Waals surface area contributed by atoms with Gasteiger partial charge in [0.2, 0.25) is 11.8 Å². The molecule has 0 bridgehead atoms. The van der Waals surface area contributed by atoms with Gasteiger partial charge < -0.3 is 20.1 Å². The van der Waals surface area contributed by atoms with E-state index in [-0.39, 0.29) is 11.8 Å². The van der Waals surface area contributed by atoms with Gasteiger partial charge in [0.1, 0.15) is 17.5 Å². The molecule has 7 nitrogen and oxygen atoms in total. The first-order valence-corrected chi connectivity index (χ1v) is 9.68. The maximum absolute atomic E-state index is 12.4. The molecule has 0 spiro atoms. The number of rotatable bonds is 7. The van der Waals surface area contributed by atoms with Crippen LogP contribution in [0, 0.1) is 0 Å². The van der Waals surface area contributed by atoms with E-state index in [1.165, 1.54) is 17.4 Å². The summed E-state index contributed by atoms with van der Waals surface area (Å²) in [6.07, 6.45) is 3.05. The quantitative estimate of drug-likeness (QED) is 0.581. The van der Waals surface area contributed by atoms with Gasteiger partial charge in [0, 0.05) is 6.08 Å². The first-order valence-electron chi connectivity index (χ1n) is 8.86. The van der Waals surface area contributed by atoms with E-state index in [9.17, 15) is 9.59 Å². The minimum Gasteiger partial charge on any atom is -0.497 e. The summed E-state index contributed by atoms with van der Waals surface area (Å²) in [5.41, 5.74) is 1.62. The van der Waals surface area contributed by atoms with E-state index in [1.54, 1.807) is 39.4 Å². The van der Waals surface area contributed by atoms with E-state index in [1.807, 2.05) is 30.3 Å². The Morgan fingerprint density at radius 1 is 1.07 bits per heavy atom. The average Bonchev–Trinajstić information content (AvgIpc) is 3.13. The number of nitrogens with one attached hydrogen (secondary N) is 2. The third-order valence-corrected chi connectivity index (χ3v) is 5.05. The molecule has 2 aromatic carbocycles. The molecule has 0 aliphatic heterocycles. The van der Waals surface area contributed by atoms with Crippen molar-refractivity contribution in [2.24, 2.45) is 0 Å². The van der Waals surface area contributed by atoms with Gasteiger partial charge in [-0.1, -0.05) is 23.5 Å². The molecule has 0 aliphatic carbocycles. The van der Waals surface area contributed by atoms with Gasteiger partial charge in [-0.25, -0.2) is 4.98 Å². The van der Waals surface area contributed by atoms with E-state index in [4.69, 9.17) is 9.47 Å². The SMILES string of the molecule is COc1ccc(C=CC(=O)NC(C)C(=O)Nc2nc3ccc(OC)cc3s2)cc1. The Morgan fingerprint density at radius 2 is 1.76 bits per heavy atom. The zero-order chi connectivity index (χ0) is 20.8. The summed E-state index contributed by atoms with van der Waals surface area (Å²) >= 11 is 1.34. The number of nitrogens with zero attached hydrogens (tertiary/aromatic N) is 1. The Morgan fingerprint density at radius 3 is 2.45 bits per heavy atom. The van der Waals surface area contributed by atoms with Gasteiger partial charge >= 0.3 is 0 Å². The average molecular weight is 411 g/mol. The number of carbonyl (C=O) groups excluding carboxylic acids is 2. The van der Waals surface area contributed by atoms with Gasteiger partial charge in [0.05, 0.1) is 24.4 Å². The number of thiazole rings is 1. The Kier molecular flexibility index (Phi) is 6.46. The van der Waals surface area contributed by atoms with Crippen molar-refractivity contribution in [3.05, 3.63) is 54.1 Å². The highest BCUT2D eigenvalue weighted by atomic mass is 32.1. The van der Waals surface area contributed by atoms with Crippen LogP contribution in [0.25, 0.3) is 16.3 Å². The van der Waals surface area contributed by atoms with Gasteiger partial charge in [-0.3, -0.25) is 9.59 Å². The number of methoxy groups -OCH3 is 2. The number of ether oxygens (including phenoxy) is 2. The first-order chi connectivity index (χ1) is 14.0. The molecule has 0 saturated heterocycles. The smallest absolute Gasteiger partial charge is 0.248 e. The molecular weight excluding hydrogens is 390 g/mol. The number of anilines is 1. The Balaban J connectivity index is 1.56. The van der Waals surface area contributed by atoms with Crippen molar-refractivity contribution in [2.45, 2.75) is 13.0 Å². The lowest BCUT2D eigenvalue weighted by Crippen LogP contribution is -2.40. The van der Waals surface area contributed by atoms with Crippen LogP contribution in [0.1, 0.15) is 12.5 Å². The molecule has 0 fully saturated rings. The second-order valence-corrected chi connectivity index (χ2v) is 7.21. The molecule has 3 rings (SSSR count). The molecular formula is C21H21N3O4S. The van der Waals surface area contributed by atoms with Crippen molar-refractivity contribution in [3.63, 3.8) is 0 Å². The minimum atomic E-state index is -0.718. The summed E-state index contributed by atoms with van der Waals surface area (Å²) < 4.78 is 11.2. The van der Waals surface area contributed by atoms with E-state index < -0.39 is 6.04 Å². The molecule has 3 aromatic rings. The highest BCUT2D eigenvalue weighted by Crippen LogP contribution is 2.29. The molecule has 0 radical (unpaired) electrons. The lowest BCUT2D eigenvalue weighted by Gasteiger charge is -2.11. The summed E-state index contributed by atoms with van der Waals surface area (Å²) in [6, 6.07) is 12.1. The van der Waals surface area contributed by atoms with Crippen LogP contribution in [0.2, 0.25) is 0 Å².